The molecule has 0 radical (unpaired) electrons. The molecule has 4 rings (SSSR count). The third-order valence-electron chi connectivity index (χ3n) is 6.95. The van der Waals surface area contributed by atoms with Gasteiger partial charge < -0.3 is 14.6 Å². The van der Waals surface area contributed by atoms with E-state index in [0.29, 0.717) is 36.2 Å². The fourth-order valence-corrected chi connectivity index (χ4v) is 4.65. The second-order valence-corrected chi connectivity index (χ2v) is 10.2. The maximum absolute atomic E-state index is 13.5. The van der Waals surface area contributed by atoms with Gasteiger partial charge in [0.05, 0.1) is 11.8 Å². The highest BCUT2D eigenvalue weighted by Crippen LogP contribution is 2.16. The molecule has 3 N–H and O–H groups in total. The first-order valence-electron chi connectivity index (χ1n) is 14.2. The summed E-state index contributed by atoms with van der Waals surface area (Å²) in [6.45, 7) is 2.45. The minimum absolute atomic E-state index is 0.0282. The van der Waals surface area contributed by atoms with Gasteiger partial charge in [-0.25, -0.2) is 19.6 Å². The Morgan fingerprint density at radius 1 is 0.953 bits per heavy atom. The van der Waals surface area contributed by atoms with Crippen LogP contribution in [0, 0.1) is 5.82 Å². The number of esters is 1. The van der Waals surface area contributed by atoms with Gasteiger partial charge in [-0.1, -0.05) is 67.9 Å². The molecule has 10 heteroatoms. The number of amides is 2. The normalized spacial score (nSPS) is 11.5. The van der Waals surface area contributed by atoms with Crippen LogP contribution in [0.2, 0.25) is 0 Å². The van der Waals surface area contributed by atoms with Crippen LogP contribution in [-0.4, -0.2) is 38.6 Å². The highest BCUT2D eigenvalue weighted by Gasteiger charge is 2.22. The van der Waals surface area contributed by atoms with Crippen LogP contribution in [0.1, 0.15) is 69.5 Å². The third kappa shape index (κ3) is 9.08. The van der Waals surface area contributed by atoms with Gasteiger partial charge in [0.1, 0.15) is 23.9 Å². The van der Waals surface area contributed by atoms with Crippen molar-refractivity contribution >= 4 is 17.8 Å². The van der Waals surface area contributed by atoms with Crippen molar-refractivity contribution in [2.24, 2.45) is 0 Å². The number of nitrogens with one attached hydrogen (secondary N) is 2. The smallest absolute Gasteiger partial charge is 0.338 e. The summed E-state index contributed by atoms with van der Waals surface area (Å²) in [6, 6.07) is 21.6. The molecule has 2 amide bonds. The minimum atomic E-state index is -0.602. The largest absolute Gasteiger partial charge is 0.457 e. The lowest BCUT2D eigenvalue weighted by atomic mass is 10.0. The molecule has 0 fully saturated rings. The predicted octanol–water partition coefficient (Wildman–Crippen LogP) is 5.01. The van der Waals surface area contributed by atoms with E-state index in [-0.39, 0.29) is 24.8 Å². The van der Waals surface area contributed by atoms with Crippen molar-refractivity contribution < 1.29 is 28.7 Å². The summed E-state index contributed by atoms with van der Waals surface area (Å²) in [5.41, 5.74) is 4.82. The van der Waals surface area contributed by atoms with Crippen LogP contribution in [0.25, 0.3) is 0 Å². The molecule has 4 aromatic rings. The third-order valence-corrected chi connectivity index (χ3v) is 6.95. The molecule has 1 unspecified atom stereocenters. The van der Waals surface area contributed by atoms with Crippen molar-refractivity contribution in [3.63, 3.8) is 0 Å². The van der Waals surface area contributed by atoms with Crippen molar-refractivity contribution in [2.75, 3.05) is 0 Å². The molecule has 3 aromatic carbocycles. The quantitative estimate of drug-likeness (QED) is 0.109. The summed E-state index contributed by atoms with van der Waals surface area (Å²) in [7, 11) is 0. The lowest BCUT2D eigenvalue weighted by Crippen LogP contribution is -2.41. The summed E-state index contributed by atoms with van der Waals surface area (Å²) < 4.78 is 20.3. The van der Waals surface area contributed by atoms with Gasteiger partial charge in [0, 0.05) is 25.4 Å². The molecule has 0 aliphatic rings. The Bertz CT molecular complexity index is 1500. The molecular weight excluding hydrogens is 551 g/mol. The lowest BCUT2D eigenvalue weighted by Gasteiger charge is -2.19. The van der Waals surface area contributed by atoms with Crippen molar-refractivity contribution in [3.8, 4) is 0 Å². The van der Waals surface area contributed by atoms with Crippen LogP contribution in [0.5, 0.6) is 0 Å². The van der Waals surface area contributed by atoms with E-state index in [0.717, 1.165) is 29.8 Å². The number of hydroxylamine groups is 1. The number of aromatic nitrogens is 2. The second-order valence-electron chi connectivity index (χ2n) is 10.2. The van der Waals surface area contributed by atoms with Crippen LogP contribution in [0.15, 0.2) is 85.1 Å². The Hall–Kier alpha value is -4.83. The Balaban J connectivity index is 1.48. The Morgan fingerprint density at radius 3 is 2.33 bits per heavy atom. The summed E-state index contributed by atoms with van der Waals surface area (Å²) >= 11 is 0. The van der Waals surface area contributed by atoms with Crippen LogP contribution in [-0.2, 0) is 35.5 Å². The van der Waals surface area contributed by atoms with Gasteiger partial charge in [0.2, 0.25) is 5.91 Å². The van der Waals surface area contributed by atoms with Crippen LogP contribution < -0.4 is 10.8 Å². The number of hydrogen-bond acceptors (Lipinski definition) is 6. The average Bonchev–Trinajstić information content (AvgIpc) is 3.42. The fraction of sp³-hybridized carbons (Fsp3) is 0.273. The van der Waals surface area contributed by atoms with Gasteiger partial charge in [-0.15, -0.1) is 0 Å². The van der Waals surface area contributed by atoms with Crippen molar-refractivity contribution in [3.05, 3.63) is 125 Å². The maximum atomic E-state index is 13.5. The van der Waals surface area contributed by atoms with E-state index in [1.54, 1.807) is 41.9 Å². The van der Waals surface area contributed by atoms with Gasteiger partial charge in [0.15, 0.2) is 0 Å². The highest BCUT2D eigenvalue weighted by atomic mass is 19.1. The van der Waals surface area contributed by atoms with Crippen molar-refractivity contribution in [2.45, 2.75) is 58.2 Å². The molecule has 9 nitrogen and oxygen atoms in total. The molecule has 0 saturated heterocycles. The van der Waals surface area contributed by atoms with Gasteiger partial charge in [-0.3, -0.25) is 14.8 Å². The molecule has 43 heavy (non-hydrogen) atoms. The SMILES string of the molecule is CCCCc1ncc(C(=O)NC(CC(=O)NO)Cc2ccccc2)n1Cc1ccc(C(=O)OCc2ccc(F)cc2)cc1. The summed E-state index contributed by atoms with van der Waals surface area (Å²) in [4.78, 5) is 42.6. The standard InChI is InChI=1S/C33H35FN4O5/c1-2-3-9-30-35-20-29(32(40)36-28(19-31(39)37-42)18-23-7-5-4-6-8-23)38(30)21-24-10-14-26(15-11-24)33(41)43-22-25-12-16-27(34)17-13-25/h4-8,10-17,20,28,42H,2-3,9,18-19,21-22H2,1H3,(H,36,40)(H,37,39). The molecule has 1 heterocycles. The van der Waals surface area contributed by atoms with Crippen LogP contribution in [0.3, 0.4) is 0 Å². The van der Waals surface area contributed by atoms with E-state index in [1.807, 2.05) is 34.9 Å². The zero-order valence-electron chi connectivity index (χ0n) is 24.0. The first kappa shape index (κ1) is 31.1. The zero-order chi connectivity index (χ0) is 30.6. The molecule has 0 saturated carbocycles. The van der Waals surface area contributed by atoms with E-state index in [1.165, 1.54) is 18.3 Å². The van der Waals surface area contributed by atoms with Crippen LogP contribution in [0.4, 0.5) is 4.39 Å². The van der Waals surface area contributed by atoms with Gasteiger partial charge in [-0.05, 0) is 53.8 Å². The van der Waals surface area contributed by atoms with Crippen molar-refractivity contribution in [1.29, 1.82) is 0 Å². The number of nitrogens with zero attached hydrogens (tertiary/aromatic N) is 2. The topological polar surface area (TPSA) is 123 Å². The van der Waals surface area contributed by atoms with E-state index in [9.17, 15) is 18.8 Å². The Labute approximate surface area is 249 Å². The second kappa shape index (κ2) is 15.4. The minimum Gasteiger partial charge on any atom is -0.457 e. The summed E-state index contributed by atoms with van der Waals surface area (Å²) in [5.74, 6) is -1.10. The molecule has 1 aromatic heterocycles. The number of aryl methyl sites for hydroxylation is 1. The molecule has 0 aliphatic heterocycles. The van der Waals surface area contributed by atoms with Crippen molar-refractivity contribution in [1.82, 2.24) is 20.3 Å². The molecule has 0 bridgehead atoms. The number of ether oxygens (including phenoxy) is 1. The van der Waals surface area contributed by atoms with E-state index < -0.39 is 17.9 Å². The molecule has 0 spiro atoms. The molecule has 0 aliphatic carbocycles. The first-order valence-corrected chi connectivity index (χ1v) is 14.2. The number of benzene rings is 3. The number of rotatable bonds is 14. The lowest BCUT2D eigenvalue weighted by molar-refractivity contribution is -0.129. The number of unbranched alkanes of at least 4 members (excludes halogenated alkanes) is 1. The number of carbonyl (C=O) groups excluding carboxylic acids is 3. The van der Waals surface area contributed by atoms with Gasteiger partial charge >= 0.3 is 5.97 Å². The number of halogens is 1. The van der Waals surface area contributed by atoms with E-state index in [4.69, 9.17) is 9.94 Å². The number of carbonyl (C=O) groups is 3. The van der Waals surface area contributed by atoms with Gasteiger partial charge in [0.25, 0.3) is 5.91 Å². The summed E-state index contributed by atoms with van der Waals surface area (Å²) in [5, 5.41) is 12.0. The highest BCUT2D eigenvalue weighted by molar-refractivity contribution is 5.93. The predicted molar refractivity (Wildman–Crippen MR) is 158 cm³/mol. The van der Waals surface area contributed by atoms with E-state index >= 15 is 0 Å². The Morgan fingerprint density at radius 2 is 1.65 bits per heavy atom. The maximum Gasteiger partial charge on any atom is 0.338 e. The monoisotopic (exact) mass is 586 g/mol. The molecular formula is C33H35FN4O5. The van der Waals surface area contributed by atoms with Crippen LogP contribution >= 0.6 is 0 Å². The Kier molecular flexibility index (Phi) is 11.2. The van der Waals surface area contributed by atoms with Gasteiger partial charge in [-0.2, -0.15) is 0 Å². The first-order chi connectivity index (χ1) is 20.9. The zero-order valence-corrected chi connectivity index (χ0v) is 24.0. The van der Waals surface area contributed by atoms with E-state index in [2.05, 4.69) is 17.2 Å². The number of imidazole rings is 1. The molecule has 1 atom stereocenters. The fourth-order valence-electron chi connectivity index (χ4n) is 4.65. The average molecular weight is 587 g/mol. The molecule has 224 valence electrons. The number of hydrogen-bond donors (Lipinski definition) is 3. The summed E-state index contributed by atoms with van der Waals surface area (Å²) in [6.07, 6.45) is 4.36.